The number of hydrogen-bond donors (Lipinski definition) is 2. The van der Waals surface area contributed by atoms with Gasteiger partial charge in [0, 0.05) is 11.6 Å². The number of hydrogen-bond acceptors (Lipinski definition) is 2. The summed E-state index contributed by atoms with van der Waals surface area (Å²) < 4.78 is 0. The molecule has 0 bridgehead atoms. The van der Waals surface area contributed by atoms with Crippen molar-refractivity contribution in [3.8, 4) is 0 Å². The van der Waals surface area contributed by atoms with Crippen molar-refractivity contribution in [1.82, 2.24) is 0 Å². The monoisotopic (exact) mass is 219 g/mol. The molecule has 0 aliphatic heterocycles. The van der Waals surface area contributed by atoms with Gasteiger partial charge in [-0.05, 0) is 36.6 Å². The van der Waals surface area contributed by atoms with Crippen LogP contribution < -0.4 is 5.32 Å². The number of carbonyl (C=O) groups excluding carboxylic acids is 1. The highest BCUT2D eigenvalue weighted by atomic mass is 16.4. The van der Waals surface area contributed by atoms with Gasteiger partial charge in [0.15, 0.2) is 0 Å². The Morgan fingerprint density at radius 1 is 1.31 bits per heavy atom. The van der Waals surface area contributed by atoms with E-state index in [0.717, 1.165) is 6.42 Å². The summed E-state index contributed by atoms with van der Waals surface area (Å²) in [6.45, 7) is 2.04. The summed E-state index contributed by atoms with van der Waals surface area (Å²) >= 11 is 0. The first kappa shape index (κ1) is 10.7. The van der Waals surface area contributed by atoms with Crippen molar-refractivity contribution in [2.45, 2.75) is 13.3 Å². The summed E-state index contributed by atoms with van der Waals surface area (Å²) in [5.41, 5.74) is 0.867. The molecule has 4 nitrogen and oxygen atoms in total. The van der Waals surface area contributed by atoms with Crippen molar-refractivity contribution in [3.63, 3.8) is 0 Å². The maximum atomic E-state index is 11.6. The van der Waals surface area contributed by atoms with Gasteiger partial charge in [0.05, 0.1) is 5.56 Å². The van der Waals surface area contributed by atoms with Gasteiger partial charge in [-0.15, -0.1) is 0 Å². The van der Waals surface area contributed by atoms with E-state index in [0.29, 0.717) is 11.6 Å². The van der Waals surface area contributed by atoms with Crippen LogP contribution in [-0.4, -0.2) is 17.0 Å². The van der Waals surface area contributed by atoms with E-state index in [1.54, 1.807) is 12.1 Å². The Balaban J connectivity index is 2.00. The van der Waals surface area contributed by atoms with Gasteiger partial charge in [-0.25, -0.2) is 4.79 Å². The molecule has 1 saturated carbocycles. The molecule has 0 spiro atoms. The van der Waals surface area contributed by atoms with Gasteiger partial charge in [0.25, 0.3) is 0 Å². The molecule has 1 aromatic rings. The number of carboxylic acids is 1. The third kappa shape index (κ3) is 2.21. The number of anilines is 1. The molecule has 84 valence electrons. The van der Waals surface area contributed by atoms with Gasteiger partial charge in [-0.1, -0.05) is 6.92 Å². The van der Waals surface area contributed by atoms with Crippen LogP contribution in [0.4, 0.5) is 5.69 Å². The molecule has 1 aliphatic rings. The second-order valence-electron chi connectivity index (χ2n) is 4.19. The smallest absolute Gasteiger partial charge is 0.335 e. The molecule has 1 amide bonds. The fourth-order valence-electron chi connectivity index (χ4n) is 1.62. The number of nitrogens with one attached hydrogen (secondary N) is 1. The van der Waals surface area contributed by atoms with Crippen LogP contribution in [-0.2, 0) is 4.79 Å². The topological polar surface area (TPSA) is 66.4 Å². The minimum atomic E-state index is -0.964. The first-order valence-corrected chi connectivity index (χ1v) is 5.22. The third-order valence-electron chi connectivity index (χ3n) is 2.85. The van der Waals surface area contributed by atoms with Crippen LogP contribution >= 0.6 is 0 Å². The van der Waals surface area contributed by atoms with Gasteiger partial charge < -0.3 is 10.4 Å². The van der Waals surface area contributed by atoms with Crippen molar-refractivity contribution in [1.29, 1.82) is 0 Å². The minimum Gasteiger partial charge on any atom is -0.478 e. The molecule has 0 saturated heterocycles. The maximum Gasteiger partial charge on any atom is 0.335 e. The SMILES string of the molecule is C[C@H]1C[C@H]1C(=O)Nc1ccc(C(=O)O)cc1. The van der Waals surface area contributed by atoms with E-state index in [9.17, 15) is 9.59 Å². The molecule has 2 atom stereocenters. The zero-order valence-electron chi connectivity index (χ0n) is 8.93. The molecule has 16 heavy (non-hydrogen) atoms. The lowest BCUT2D eigenvalue weighted by atomic mass is 10.2. The summed E-state index contributed by atoms with van der Waals surface area (Å²) in [6.07, 6.45) is 0.943. The zero-order chi connectivity index (χ0) is 11.7. The van der Waals surface area contributed by atoms with E-state index < -0.39 is 5.97 Å². The second kappa shape index (κ2) is 3.96. The molecule has 2 N–H and O–H groups in total. The van der Waals surface area contributed by atoms with Crippen LogP contribution in [0, 0.1) is 11.8 Å². The van der Waals surface area contributed by atoms with Crippen molar-refractivity contribution in [3.05, 3.63) is 29.8 Å². The Morgan fingerprint density at radius 3 is 2.31 bits per heavy atom. The number of carboxylic acid groups (broad SMARTS) is 1. The van der Waals surface area contributed by atoms with E-state index in [1.807, 2.05) is 6.92 Å². The number of aromatic carboxylic acids is 1. The van der Waals surface area contributed by atoms with E-state index in [4.69, 9.17) is 5.11 Å². The molecule has 2 rings (SSSR count). The van der Waals surface area contributed by atoms with Crippen molar-refractivity contribution in [2.75, 3.05) is 5.32 Å². The van der Waals surface area contributed by atoms with E-state index in [-0.39, 0.29) is 17.4 Å². The average Bonchev–Trinajstić information content (AvgIpc) is 2.96. The van der Waals surface area contributed by atoms with Crippen LogP contribution in [0.25, 0.3) is 0 Å². The van der Waals surface area contributed by atoms with Crippen LogP contribution in [0.5, 0.6) is 0 Å². The molecule has 1 aliphatic carbocycles. The lowest BCUT2D eigenvalue weighted by molar-refractivity contribution is -0.117. The van der Waals surface area contributed by atoms with E-state index in [2.05, 4.69) is 5.32 Å². The Labute approximate surface area is 93.3 Å². The Bertz CT molecular complexity index is 424. The number of amides is 1. The van der Waals surface area contributed by atoms with Gasteiger partial charge in [0.1, 0.15) is 0 Å². The minimum absolute atomic E-state index is 0.0237. The Kier molecular flexibility index (Phi) is 2.64. The standard InChI is InChI=1S/C12H13NO3/c1-7-6-10(7)11(14)13-9-4-2-8(3-5-9)12(15)16/h2-5,7,10H,6H2,1H3,(H,13,14)(H,15,16)/t7-,10+/m0/s1. The molecule has 1 fully saturated rings. The van der Waals surface area contributed by atoms with Crippen molar-refractivity contribution < 1.29 is 14.7 Å². The summed E-state index contributed by atoms with van der Waals surface area (Å²) in [6, 6.07) is 6.17. The van der Waals surface area contributed by atoms with Gasteiger partial charge >= 0.3 is 5.97 Å². The van der Waals surface area contributed by atoms with Gasteiger partial charge in [-0.2, -0.15) is 0 Å². The third-order valence-corrected chi connectivity index (χ3v) is 2.85. The lowest BCUT2D eigenvalue weighted by Gasteiger charge is -2.04. The maximum absolute atomic E-state index is 11.6. The van der Waals surface area contributed by atoms with Crippen LogP contribution in [0.1, 0.15) is 23.7 Å². The summed E-state index contributed by atoms with van der Waals surface area (Å²) in [5.74, 6) is -0.346. The number of carbonyl (C=O) groups is 2. The molecule has 4 heteroatoms. The quantitative estimate of drug-likeness (QED) is 0.816. The molecule has 0 aromatic heterocycles. The predicted octanol–water partition coefficient (Wildman–Crippen LogP) is 1.98. The average molecular weight is 219 g/mol. The highest BCUT2D eigenvalue weighted by Gasteiger charge is 2.38. The predicted molar refractivity (Wildman–Crippen MR) is 59.3 cm³/mol. The van der Waals surface area contributed by atoms with Gasteiger partial charge in [-0.3, -0.25) is 4.79 Å². The largest absolute Gasteiger partial charge is 0.478 e. The fourth-order valence-corrected chi connectivity index (χ4v) is 1.62. The molecule has 0 unspecified atom stereocenters. The molecular formula is C12H13NO3. The van der Waals surface area contributed by atoms with Crippen LogP contribution in [0.2, 0.25) is 0 Å². The van der Waals surface area contributed by atoms with Crippen molar-refractivity contribution >= 4 is 17.6 Å². The molecular weight excluding hydrogens is 206 g/mol. The second-order valence-corrected chi connectivity index (χ2v) is 4.19. The van der Waals surface area contributed by atoms with Gasteiger partial charge in [0.2, 0.25) is 5.91 Å². The summed E-state index contributed by atoms with van der Waals surface area (Å²) in [4.78, 5) is 22.2. The first-order chi connectivity index (χ1) is 7.58. The van der Waals surface area contributed by atoms with Crippen LogP contribution in [0.3, 0.4) is 0 Å². The lowest BCUT2D eigenvalue weighted by Crippen LogP contribution is -2.14. The fraction of sp³-hybridized carbons (Fsp3) is 0.333. The highest BCUT2D eigenvalue weighted by molar-refractivity contribution is 5.95. The van der Waals surface area contributed by atoms with E-state index >= 15 is 0 Å². The Morgan fingerprint density at radius 2 is 1.88 bits per heavy atom. The number of benzene rings is 1. The normalized spacial score (nSPS) is 22.6. The van der Waals surface area contributed by atoms with Crippen molar-refractivity contribution in [2.24, 2.45) is 11.8 Å². The first-order valence-electron chi connectivity index (χ1n) is 5.22. The molecule has 1 aromatic carbocycles. The molecule has 0 radical (unpaired) electrons. The Hall–Kier alpha value is -1.84. The van der Waals surface area contributed by atoms with Crippen LogP contribution in [0.15, 0.2) is 24.3 Å². The summed E-state index contributed by atoms with van der Waals surface area (Å²) in [5, 5.41) is 11.5. The van der Waals surface area contributed by atoms with E-state index in [1.165, 1.54) is 12.1 Å². The summed E-state index contributed by atoms with van der Waals surface area (Å²) in [7, 11) is 0. The zero-order valence-corrected chi connectivity index (χ0v) is 8.93. The highest BCUT2D eigenvalue weighted by Crippen LogP contribution is 2.38. The molecule has 0 heterocycles. The number of rotatable bonds is 3.